The first-order chi connectivity index (χ1) is 4.31. The molecular weight excluding hydrogens is 110 g/mol. The predicted octanol–water partition coefficient (Wildman–Crippen LogP) is 1.99. The number of nitrogens with one attached hydrogen (secondary N) is 1. The van der Waals surface area contributed by atoms with Crippen molar-refractivity contribution < 1.29 is 0 Å². The average Bonchev–Trinajstić information content (AvgIpc) is 1.85. The fourth-order valence-electron chi connectivity index (χ4n) is 0.859. The summed E-state index contributed by atoms with van der Waals surface area (Å²) in [5, 5.41) is 3.27. The molecule has 0 heterocycles. The van der Waals surface area contributed by atoms with E-state index in [1.807, 2.05) is 0 Å². The van der Waals surface area contributed by atoms with E-state index in [0.717, 1.165) is 6.54 Å². The highest BCUT2D eigenvalue weighted by Gasteiger charge is 1.95. The monoisotopic (exact) mass is 128 g/mol. The Hall–Kier alpha value is -0.0400. The van der Waals surface area contributed by atoms with Crippen LogP contribution in [-0.4, -0.2) is 12.6 Å². The molecule has 9 heavy (non-hydrogen) atoms. The molecule has 1 atom stereocenters. The van der Waals surface area contributed by atoms with Gasteiger partial charge < -0.3 is 5.32 Å². The minimum absolute atomic E-state index is 0.655. The van der Waals surface area contributed by atoms with Crippen molar-refractivity contribution in [2.24, 2.45) is 0 Å². The summed E-state index contributed by atoms with van der Waals surface area (Å²) in [4.78, 5) is 0. The van der Waals surface area contributed by atoms with Crippen LogP contribution in [0.5, 0.6) is 0 Å². The zero-order chi connectivity index (χ0) is 7.11. The van der Waals surface area contributed by atoms with E-state index in [-0.39, 0.29) is 0 Å². The summed E-state index contributed by atoms with van der Waals surface area (Å²) in [7, 11) is 0. The van der Waals surface area contributed by atoms with Crippen LogP contribution < -0.4 is 5.32 Å². The molecule has 1 heteroatoms. The van der Waals surface area contributed by atoms with Gasteiger partial charge in [0, 0.05) is 6.04 Å². The summed E-state index contributed by atoms with van der Waals surface area (Å²) in [5.41, 5.74) is 0. The van der Waals surface area contributed by atoms with Gasteiger partial charge in [-0.3, -0.25) is 0 Å². The van der Waals surface area contributed by atoms with Crippen LogP contribution in [0.4, 0.5) is 0 Å². The summed E-state index contributed by atoms with van der Waals surface area (Å²) in [6.45, 7) is 9.00. The third-order valence-electron chi connectivity index (χ3n) is 1.48. The highest BCUT2D eigenvalue weighted by Crippen LogP contribution is 1.98. The lowest BCUT2D eigenvalue weighted by Gasteiger charge is -2.09. The molecule has 1 nitrogen and oxygen atoms in total. The van der Waals surface area contributed by atoms with Gasteiger partial charge in [0.1, 0.15) is 0 Å². The van der Waals surface area contributed by atoms with Crippen LogP contribution in [0.2, 0.25) is 0 Å². The van der Waals surface area contributed by atoms with E-state index in [1.165, 1.54) is 19.3 Å². The van der Waals surface area contributed by atoms with Crippen molar-refractivity contribution in [3.63, 3.8) is 0 Å². The molecule has 0 saturated carbocycles. The van der Waals surface area contributed by atoms with Crippen LogP contribution in [0.1, 0.15) is 33.1 Å². The maximum absolute atomic E-state index is 3.72. The molecule has 0 aromatic rings. The zero-order valence-corrected chi connectivity index (χ0v) is 6.61. The van der Waals surface area contributed by atoms with Crippen molar-refractivity contribution in [3.05, 3.63) is 6.92 Å². The largest absolute Gasteiger partial charge is 0.314 e. The van der Waals surface area contributed by atoms with Gasteiger partial charge in [0.25, 0.3) is 0 Å². The number of rotatable bonds is 5. The Morgan fingerprint density at radius 2 is 2.22 bits per heavy atom. The Kier molecular flexibility index (Phi) is 6.06. The van der Waals surface area contributed by atoms with Crippen molar-refractivity contribution in [1.82, 2.24) is 5.32 Å². The average molecular weight is 128 g/mol. The second-order valence-electron chi connectivity index (χ2n) is 2.50. The molecule has 0 aliphatic rings. The zero-order valence-electron chi connectivity index (χ0n) is 6.61. The van der Waals surface area contributed by atoms with Crippen LogP contribution in [0.25, 0.3) is 0 Å². The lowest BCUT2D eigenvalue weighted by Crippen LogP contribution is -2.25. The molecule has 1 radical (unpaired) electrons. The van der Waals surface area contributed by atoms with Crippen molar-refractivity contribution in [2.45, 2.75) is 39.2 Å². The molecule has 0 amide bonds. The van der Waals surface area contributed by atoms with Gasteiger partial charge in [-0.1, -0.05) is 19.8 Å². The van der Waals surface area contributed by atoms with E-state index in [4.69, 9.17) is 0 Å². The van der Waals surface area contributed by atoms with E-state index >= 15 is 0 Å². The topological polar surface area (TPSA) is 12.0 Å². The third-order valence-corrected chi connectivity index (χ3v) is 1.48. The van der Waals surface area contributed by atoms with Crippen LogP contribution in [-0.2, 0) is 0 Å². The summed E-state index contributed by atoms with van der Waals surface area (Å²) < 4.78 is 0. The molecule has 0 bridgehead atoms. The molecule has 0 saturated heterocycles. The Labute approximate surface area is 58.8 Å². The Morgan fingerprint density at radius 3 is 2.67 bits per heavy atom. The van der Waals surface area contributed by atoms with Gasteiger partial charge >= 0.3 is 0 Å². The van der Waals surface area contributed by atoms with Crippen LogP contribution in [0, 0.1) is 6.92 Å². The minimum Gasteiger partial charge on any atom is -0.314 e. The molecule has 0 fully saturated rings. The lowest BCUT2D eigenvalue weighted by atomic mass is 10.1. The molecule has 1 unspecified atom stereocenters. The molecular formula is C8H18N. The fourth-order valence-corrected chi connectivity index (χ4v) is 0.859. The smallest absolute Gasteiger partial charge is 0.00387 e. The summed E-state index contributed by atoms with van der Waals surface area (Å²) in [6.07, 6.45) is 3.91. The van der Waals surface area contributed by atoms with Crippen LogP contribution in [0.3, 0.4) is 0 Å². The normalized spacial score (nSPS) is 13.7. The molecule has 1 N–H and O–H groups in total. The minimum atomic E-state index is 0.655. The van der Waals surface area contributed by atoms with Crippen molar-refractivity contribution in [1.29, 1.82) is 0 Å². The van der Waals surface area contributed by atoms with E-state index in [2.05, 4.69) is 26.1 Å². The maximum Gasteiger partial charge on any atom is 0.00387 e. The van der Waals surface area contributed by atoms with Crippen molar-refractivity contribution >= 4 is 0 Å². The van der Waals surface area contributed by atoms with E-state index in [1.54, 1.807) is 0 Å². The highest BCUT2D eigenvalue weighted by molar-refractivity contribution is 4.59. The van der Waals surface area contributed by atoms with E-state index in [9.17, 15) is 0 Å². The molecule has 0 aliphatic carbocycles. The van der Waals surface area contributed by atoms with Crippen molar-refractivity contribution in [2.75, 3.05) is 6.54 Å². The van der Waals surface area contributed by atoms with Crippen LogP contribution >= 0.6 is 0 Å². The van der Waals surface area contributed by atoms with Gasteiger partial charge in [0.05, 0.1) is 0 Å². The first kappa shape index (κ1) is 8.96. The number of hydrogen-bond donors (Lipinski definition) is 1. The van der Waals surface area contributed by atoms with Gasteiger partial charge in [0.15, 0.2) is 0 Å². The van der Waals surface area contributed by atoms with Gasteiger partial charge in [0.2, 0.25) is 0 Å². The SMILES string of the molecule is [CH2]CNC(C)CCCC. The summed E-state index contributed by atoms with van der Waals surface area (Å²) in [6, 6.07) is 0.655. The molecule has 0 aliphatic heterocycles. The Bertz CT molecular complexity index is 52.5. The number of unbranched alkanes of at least 4 members (excludes halogenated alkanes) is 1. The van der Waals surface area contributed by atoms with E-state index < -0.39 is 0 Å². The highest BCUT2D eigenvalue weighted by atomic mass is 14.9. The van der Waals surface area contributed by atoms with Crippen molar-refractivity contribution in [3.8, 4) is 0 Å². The van der Waals surface area contributed by atoms with Gasteiger partial charge in [-0.15, -0.1) is 0 Å². The molecule has 55 valence electrons. The fraction of sp³-hybridized carbons (Fsp3) is 0.875. The standard InChI is InChI=1S/C8H18N/c1-4-6-7-8(3)9-5-2/h8-9H,2,4-7H2,1,3H3. The second kappa shape index (κ2) is 6.09. The van der Waals surface area contributed by atoms with Crippen LogP contribution in [0.15, 0.2) is 0 Å². The Morgan fingerprint density at radius 1 is 1.56 bits per heavy atom. The first-order valence-corrected chi connectivity index (χ1v) is 3.83. The maximum atomic E-state index is 3.72. The third kappa shape index (κ3) is 5.84. The second-order valence-corrected chi connectivity index (χ2v) is 2.50. The molecule has 0 aromatic carbocycles. The molecule has 0 spiro atoms. The number of hydrogen-bond acceptors (Lipinski definition) is 1. The van der Waals surface area contributed by atoms with Gasteiger partial charge in [-0.25, -0.2) is 0 Å². The molecule has 0 aromatic heterocycles. The van der Waals surface area contributed by atoms with Gasteiger partial charge in [-0.05, 0) is 26.8 Å². The summed E-state index contributed by atoms with van der Waals surface area (Å²) >= 11 is 0. The van der Waals surface area contributed by atoms with Gasteiger partial charge in [-0.2, -0.15) is 0 Å². The molecule has 0 rings (SSSR count). The first-order valence-electron chi connectivity index (χ1n) is 3.83. The quantitative estimate of drug-likeness (QED) is 0.597. The predicted molar refractivity (Wildman–Crippen MR) is 42.3 cm³/mol. The Balaban J connectivity index is 2.95. The van der Waals surface area contributed by atoms with E-state index in [0.29, 0.717) is 6.04 Å². The lowest BCUT2D eigenvalue weighted by molar-refractivity contribution is 0.518. The summed E-state index contributed by atoms with van der Waals surface area (Å²) in [5.74, 6) is 0.